The Hall–Kier alpha value is -0.790. The number of nitrogens with zero attached hydrogens (tertiary/aromatic N) is 2. The van der Waals surface area contributed by atoms with Crippen LogP contribution in [-0.2, 0) is 6.54 Å². The molecule has 0 aromatic carbocycles. The average Bonchev–Trinajstić information content (AvgIpc) is 2.82. The van der Waals surface area contributed by atoms with Crippen molar-refractivity contribution in [3.63, 3.8) is 0 Å². The molecule has 0 N–H and O–H groups in total. The average molecular weight is 194 g/mol. The lowest BCUT2D eigenvalue weighted by Gasteiger charge is -2.07. The maximum Gasteiger partial charge on any atom is 0.0518 e. The summed E-state index contributed by atoms with van der Waals surface area (Å²) < 4.78 is 2.09. The summed E-state index contributed by atoms with van der Waals surface area (Å²) in [6.07, 6.45) is 9.72. The molecule has 2 rings (SSSR count). The highest BCUT2D eigenvalue weighted by Gasteiger charge is 2.15. The van der Waals surface area contributed by atoms with Gasteiger partial charge in [0.15, 0.2) is 0 Å². The third kappa shape index (κ3) is 3.17. The fourth-order valence-corrected chi connectivity index (χ4v) is 2.02. The zero-order valence-corrected chi connectivity index (χ0v) is 9.66. The van der Waals surface area contributed by atoms with E-state index in [0.717, 1.165) is 12.5 Å². The minimum atomic E-state index is 0.893. The van der Waals surface area contributed by atoms with Gasteiger partial charge in [0.05, 0.1) is 6.20 Å². The van der Waals surface area contributed by atoms with Crippen LogP contribution in [0.2, 0.25) is 0 Å². The molecule has 80 valence electrons. The van der Waals surface area contributed by atoms with Crippen LogP contribution in [0.5, 0.6) is 0 Å². The van der Waals surface area contributed by atoms with Crippen LogP contribution in [0.25, 0.3) is 0 Å². The summed E-state index contributed by atoms with van der Waals surface area (Å²) in [6, 6.07) is 0. The number of hydrogen-bond acceptors (Lipinski definition) is 1. The van der Waals surface area contributed by atoms with Gasteiger partial charge in [0.2, 0.25) is 0 Å². The highest BCUT2D eigenvalue weighted by Crippen LogP contribution is 2.25. The summed E-state index contributed by atoms with van der Waals surface area (Å²) in [5.74, 6) is 0.893. The Morgan fingerprint density at radius 2 is 2.00 bits per heavy atom. The zero-order valence-electron chi connectivity index (χ0n) is 9.66. The van der Waals surface area contributed by atoms with Crippen molar-refractivity contribution >= 4 is 0 Å². The van der Waals surface area contributed by atoms with E-state index in [0.29, 0.717) is 0 Å². The van der Waals surface area contributed by atoms with E-state index in [1.807, 2.05) is 20.0 Å². The quantitative estimate of drug-likeness (QED) is 0.705. The standard InChI is InChI=1S/C10H16N2.C2H6/c1-9-6-11-12(7-9)8-10-4-2-3-5-10;1-2/h6-7,10H,2-5,8H2,1H3;1-2H3. The lowest BCUT2D eigenvalue weighted by Crippen LogP contribution is -2.07. The van der Waals surface area contributed by atoms with Crippen molar-refractivity contribution in [2.75, 3.05) is 0 Å². The van der Waals surface area contributed by atoms with Crippen molar-refractivity contribution in [2.24, 2.45) is 5.92 Å². The molecule has 1 aliphatic rings. The van der Waals surface area contributed by atoms with Crippen molar-refractivity contribution in [3.05, 3.63) is 18.0 Å². The number of hydrogen-bond donors (Lipinski definition) is 0. The third-order valence-electron chi connectivity index (χ3n) is 2.68. The summed E-state index contributed by atoms with van der Waals surface area (Å²) in [7, 11) is 0. The SMILES string of the molecule is CC.Cc1cnn(CC2CCCC2)c1. The van der Waals surface area contributed by atoms with E-state index in [1.165, 1.54) is 31.2 Å². The van der Waals surface area contributed by atoms with Gasteiger partial charge in [0, 0.05) is 12.7 Å². The van der Waals surface area contributed by atoms with E-state index < -0.39 is 0 Å². The Kier molecular flexibility index (Phi) is 4.71. The van der Waals surface area contributed by atoms with Gasteiger partial charge < -0.3 is 0 Å². The Balaban J connectivity index is 0.000000461. The van der Waals surface area contributed by atoms with Crippen LogP contribution in [0, 0.1) is 12.8 Å². The van der Waals surface area contributed by atoms with E-state index in [4.69, 9.17) is 0 Å². The van der Waals surface area contributed by atoms with Crippen LogP contribution in [0.4, 0.5) is 0 Å². The van der Waals surface area contributed by atoms with Crippen molar-refractivity contribution in [1.29, 1.82) is 0 Å². The van der Waals surface area contributed by atoms with Gasteiger partial charge in [0.25, 0.3) is 0 Å². The molecule has 2 heteroatoms. The Morgan fingerprint density at radius 1 is 1.36 bits per heavy atom. The second kappa shape index (κ2) is 5.84. The number of rotatable bonds is 2. The molecule has 0 aliphatic heterocycles. The van der Waals surface area contributed by atoms with E-state index in [2.05, 4.69) is 22.9 Å². The Morgan fingerprint density at radius 3 is 2.50 bits per heavy atom. The van der Waals surface area contributed by atoms with Crippen LogP contribution in [0.3, 0.4) is 0 Å². The zero-order chi connectivity index (χ0) is 10.4. The minimum absolute atomic E-state index is 0.893. The monoisotopic (exact) mass is 194 g/mol. The van der Waals surface area contributed by atoms with E-state index in [9.17, 15) is 0 Å². The largest absolute Gasteiger partial charge is 0.272 e. The molecule has 0 spiro atoms. The highest BCUT2D eigenvalue weighted by molar-refractivity contribution is 4.99. The van der Waals surface area contributed by atoms with Crippen LogP contribution < -0.4 is 0 Å². The van der Waals surface area contributed by atoms with Gasteiger partial charge in [-0.1, -0.05) is 26.7 Å². The number of aryl methyl sites for hydroxylation is 1. The lowest BCUT2D eigenvalue weighted by molar-refractivity contribution is 0.429. The van der Waals surface area contributed by atoms with E-state index >= 15 is 0 Å². The first-order valence-electron chi connectivity index (χ1n) is 5.83. The van der Waals surface area contributed by atoms with Crippen LogP contribution in [-0.4, -0.2) is 9.78 Å². The first-order chi connectivity index (χ1) is 6.84. The molecule has 1 heterocycles. The molecule has 0 atom stereocenters. The molecule has 0 bridgehead atoms. The summed E-state index contributed by atoms with van der Waals surface area (Å²) in [5.41, 5.74) is 1.27. The molecule has 0 radical (unpaired) electrons. The van der Waals surface area contributed by atoms with E-state index in [-0.39, 0.29) is 0 Å². The predicted octanol–water partition coefficient (Wildman–Crippen LogP) is 3.41. The molecule has 0 amide bonds. The maximum absolute atomic E-state index is 4.30. The van der Waals surface area contributed by atoms with Gasteiger partial charge in [-0.25, -0.2) is 0 Å². The van der Waals surface area contributed by atoms with Gasteiger partial charge in [-0.2, -0.15) is 5.10 Å². The van der Waals surface area contributed by atoms with Crippen molar-refractivity contribution in [2.45, 2.75) is 53.0 Å². The maximum atomic E-state index is 4.30. The summed E-state index contributed by atoms with van der Waals surface area (Å²) in [5, 5.41) is 4.30. The Labute approximate surface area is 87.3 Å². The first-order valence-corrected chi connectivity index (χ1v) is 5.83. The minimum Gasteiger partial charge on any atom is -0.272 e. The van der Waals surface area contributed by atoms with Crippen molar-refractivity contribution in [1.82, 2.24) is 9.78 Å². The fraction of sp³-hybridized carbons (Fsp3) is 0.750. The first kappa shape index (κ1) is 11.3. The van der Waals surface area contributed by atoms with Gasteiger partial charge in [-0.15, -0.1) is 0 Å². The van der Waals surface area contributed by atoms with Crippen LogP contribution in [0.1, 0.15) is 45.1 Å². The topological polar surface area (TPSA) is 17.8 Å². The third-order valence-corrected chi connectivity index (χ3v) is 2.68. The smallest absolute Gasteiger partial charge is 0.0518 e. The molecule has 1 aliphatic carbocycles. The summed E-state index contributed by atoms with van der Waals surface area (Å²) in [4.78, 5) is 0. The lowest BCUT2D eigenvalue weighted by atomic mass is 10.1. The molecule has 2 nitrogen and oxygen atoms in total. The van der Waals surface area contributed by atoms with Gasteiger partial charge >= 0.3 is 0 Å². The molecular weight excluding hydrogens is 172 g/mol. The fourth-order valence-electron chi connectivity index (χ4n) is 2.02. The second-order valence-electron chi connectivity index (χ2n) is 3.89. The van der Waals surface area contributed by atoms with Gasteiger partial charge in [-0.05, 0) is 31.2 Å². The molecule has 1 fully saturated rings. The summed E-state index contributed by atoms with van der Waals surface area (Å²) in [6.45, 7) is 7.23. The molecule has 0 saturated heterocycles. The molecular formula is C12H22N2. The van der Waals surface area contributed by atoms with Gasteiger partial charge in [-0.3, -0.25) is 4.68 Å². The number of aromatic nitrogens is 2. The Bertz CT molecular complexity index is 247. The predicted molar refractivity (Wildman–Crippen MR) is 60.3 cm³/mol. The van der Waals surface area contributed by atoms with Gasteiger partial charge in [0.1, 0.15) is 0 Å². The van der Waals surface area contributed by atoms with Crippen molar-refractivity contribution < 1.29 is 0 Å². The van der Waals surface area contributed by atoms with E-state index in [1.54, 1.807) is 0 Å². The molecule has 0 unspecified atom stereocenters. The molecule has 1 aromatic heterocycles. The molecule has 1 saturated carbocycles. The summed E-state index contributed by atoms with van der Waals surface area (Å²) >= 11 is 0. The van der Waals surface area contributed by atoms with Crippen LogP contribution in [0.15, 0.2) is 12.4 Å². The highest BCUT2D eigenvalue weighted by atomic mass is 15.3. The second-order valence-corrected chi connectivity index (χ2v) is 3.89. The normalized spacial score (nSPS) is 16.5. The molecule has 14 heavy (non-hydrogen) atoms. The van der Waals surface area contributed by atoms with Crippen LogP contribution >= 0.6 is 0 Å². The molecule has 1 aromatic rings. The van der Waals surface area contributed by atoms with Crippen molar-refractivity contribution in [3.8, 4) is 0 Å².